The van der Waals surface area contributed by atoms with Crippen molar-refractivity contribution >= 4 is 10.1 Å². The second kappa shape index (κ2) is 5.02. The standard InChI is InChI=1S/C8H10O3S.K/c1-6-4-3-5-8(7(6)2)12(9,10)11;/h3-5H,1-2H3,(H,9,10,11);/q;+1/p-1. The van der Waals surface area contributed by atoms with E-state index in [0.717, 1.165) is 5.56 Å². The van der Waals surface area contributed by atoms with Crippen LogP contribution in [0, 0.1) is 13.8 Å². The summed E-state index contributed by atoms with van der Waals surface area (Å²) in [5, 5.41) is 0. The summed E-state index contributed by atoms with van der Waals surface area (Å²) in [4.78, 5) is -0.123. The van der Waals surface area contributed by atoms with Crippen LogP contribution in [0.1, 0.15) is 11.1 Å². The molecule has 0 aliphatic carbocycles. The largest absolute Gasteiger partial charge is 1.00 e. The molecule has 0 saturated heterocycles. The van der Waals surface area contributed by atoms with Gasteiger partial charge in [0.1, 0.15) is 10.1 Å². The van der Waals surface area contributed by atoms with Gasteiger partial charge in [-0.05, 0) is 31.0 Å². The molecule has 1 aromatic carbocycles. The van der Waals surface area contributed by atoms with E-state index in [0.29, 0.717) is 5.56 Å². The van der Waals surface area contributed by atoms with Crippen molar-refractivity contribution in [3.63, 3.8) is 0 Å². The van der Waals surface area contributed by atoms with Gasteiger partial charge in [0.05, 0.1) is 4.90 Å². The van der Waals surface area contributed by atoms with Gasteiger partial charge in [-0.25, -0.2) is 8.42 Å². The number of hydrogen-bond acceptors (Lipinski definition) is 3. The van der Waals surface area contributed by atoms with Crippen LogP contribution in [-0.4, -0.2) is 13.0 Å². The maximum absolute atomic E-state index is 10.7. The molecule has 0 N–H and O–H groups in total. The van der Waals surface area contributed by atoms with E-state index < -0.39 is 10.1 Å². The predicted octanol–water partition coefficient (Wildman–Crippen LogP) is -1.79. The Morgan fingerprint density at radius 3 is 2.15 bits per heavy atom. The molecule has 0 aliphatic heterocycles. The molecule has 0 atom stereocenters. The molecule has 13 heavy (non-hydrogen) atoms. The van der Waals surface area contributed by atoms with Gasteiger partial charge in [0, 0.05) is 0 Å². The minimum absolute atomic E-state index is 0. The molecule has 0 aromatic heterocycles. The predicted molar refractivity (Wildman–Crippen MR) is 43.9 cm³/mol. The van der Waals surface area contributed by atoms with Crippen LogP contribution in [0.2, 0.25) is 0 Å². The fourth-order valence-electron chi connectivity index (χ4n) is 0.995. The van der Waals surface area contributed by atoms with Gasteiger partial charge < -0.3 is 4.55 Å². The summed E-state index contributed by atoms with van der Waals surface area (Å²) in [5.41, 5.74) is 1.35. The third-order valence-electron chi connectivity index (χ3n) is 1.82. The third-order valence-corrected chi connectivity index (χ3v) is 2.81. The monoisotopic (exact) mass is 224 g/mol. The van der Waals surface area contributed by atoms with E-state index >= 15 is 0 Å². The summed E-state index contributed by atoms with van der Waals surface area (Å²) in [7, 11) is -4.31. The molecule has 66 valence electrons. The molecule has 0 radical (unpaired) electrons. The SMILES string of the molecule is Cc1cccc(S(=O)(=O)[O-])c1C.[K+]. The molecule has 1 aromatic rings. The molecule has 0 bridgehead atoms. The van der Waals surface area contributed by atoms with E-state index in [1.807, 2.05) is 0 Å². The van der Waals surface area contributed by atoms with Gasteiger partial charge in [0.25, 0.3) is 0 Å². The minimum atomic E-state index is -4.31. The Hall–Kier alpha value is 0.766. The summed E-state index contributed by atoms with van der Waals surface area (Å²) >= 11 is 0. The number of rotatable bonds is 1. The molecule has 0 heterocycles. The number of aryl methyl sites for hydroxylation is 1. The molecule has 0 aliphatic rings. The van der Waals surface area contributed by atoms with Crippen molar-refractivity contribution in [3.8, 4) is 0 Å². The van der Waals surface area contributed by atoms with Crippen molar-refractivity contribution in [3.05, 3.63) is 29.3 Å². The van der Waals surface area contributed by atoms with Crippen molar-refractivity contribution in [2.75, 3.05) is 0 Å². The van der Waals surface area contributed by atoms with Gasteiger partial charge in [0.15, 0.2) is 0 Å². The normalized spacial score (nSPS) is 10.7. The van der Waals surface area contributed by atoms with Gasteiger partial charge in [-0.2, -0.15) is 0 Å². The molecule has 3 nitrogen and oxygen atoms in total. The summed E-state index contributed by atoms with van der Waals surface area (Å²) in [6.45, 7) is 3.39. The van der Waals surface area contributed by atoms with E-state index in [1.54, 1.807) is 26.0 Å². The molecule has 1 rings (SSSR count). The molecule has 0 amide bonds. The first-order chi connectivity index (χ1) is 5.43. The van der Waals surface area contributed by atoms with Gasteiger partial charge >= 0.3 is 51.4 Å². The second-order valence-electron chi connectivity index (χ2n) is 2.65. The quantitative estimate of drug-likeness (QED) is 0.418. The Morgan fingerprint density at radius 2 is 1.77 bits per heavy atom. The maximum atomic E-state index is 10.7. The van der Waals surface area contributed by atoms with Crippen LogP contribution in [0.5, 0.6) is 0 Å². The van der Waals surface area contributed by atoms with E-state index in [1.165, 1.54) is 6.07 Å². The summed E-state index contributed by atoms with van der Waals surface area (Å²) in [6.07, 6.45) is 0. The van der Waals surface area contributed by atoms with E-state index in [-0.39, 0.29) is 56.3 Å². The van der Waals surface area contributed by atoms with Crippen LogP contribution in [0.4, 0.5) is 0 Å². The molecule has 0 spiro atoms. The first-order valence-corrected chi connectivity index (χ1v) is 4.86. The van der Waals surface area contributed by atoms with Crippen LogP contribution in [-0.2, 0) is 10.1 Å². The Kier molecular flexibility index (Phi) is 5.31. The Balaban J connectivity index is 0.00000144. The van der Waals surface area contributed by atoms with Gasteiger partial charge in [-0.15, -0.1) is 0 Å². The first kappa shape index (κ1) is 13.8. The minimum Gasteiger partial charge on any atom is -0.744 e. The number of benzene rings is 1. The Bertz CT molecular complexity index is 398. The summed E-state index contributed by atoms with van der Waals surface area (Å²) < 4.78 is 32.0. The second-order valence-corrected chi connectivity index (χ2v) is 4.00. The van der Waals surface area contributed by atoms with E-state index in [4.69, 9.17) is 0 Å². The topological polar surface area (TPSA) is 57.2 Å². The van der Waals surface area contributed by atoms with E-state index in [2.05, 4.69) is 0 Å². The van der Waals surface area contributed by atoms with Crippen molar-refractivity contribution in [2.45, 2.75) is 18.7 Å². The summed E-state index contributed by atoms with van der Waals surface area (Å²) in [6, 6.07) is 4.65. The van der Waals surface area contributed by atoms with Crippen molar-refractivity contribution in [2.24, 2.45) is 0 Å². The van der Waals surface area contributed by atoms with Gasteiger partial charge in [-0.1, -0.05) is 12.1 Å². The number of hydrogen-bond donors (Lipinski definition) is 0. The Morgan fingerprint density at radius 1 is 1.23 bits per heavy atom. The van der Waals surface area contributed by atoms with Crippen molar-refractivity contribution < 1.29 is 64.4 Å². The zero-order chi connectivity index (χ0) is 9.35. The Labute approximate surface area is 121 Å². The van der Waals surface area contributed by atoms with Gasteiger partial charge in [0.2, 0.25) is 0 Å². The van der Waals surface area contributed by atoms with Crippen LogP contribution in [0.3, 0.4) is 0 Å². The molecular weight excluding hydrogens is 215 g/mol. The molecule has 0 fully saturated rings. The van der Waals surface area contributed by atoms with Crippen LogP contribution in [0.25, 0.3) is 0 Å². The van der Waals surface area contributed by atoms with Crippen LogP contribution >= 0.6 is 0 Å². The van der Waals surface area contributed by atoms with Crippen LogP contribution in [0.15, 0.2) is 23.1 Å². The third kappa shape index (κ3) is 3.43. The smallest absolute Gasteiger partial charge is 0.744 e. The fraction of sp³-hybridized carbons (Fsp3) is 0.250. The molecule has 5 heteroatoms. The van der Waals surface area contributed by atoms with Crippen molar-refractivity contribution in [1.82, 2.24) is 0 Å². The maximum Gasteiger partial charge on any atom is 1.00 e. The summed E-state index contributed by atoms with van der Waals surface area (Å²) in [5.74, 6) is 0. The molecule has 0 saturated carbocycles. The van der Waals surface area contributed by atoms with Crippen LogP contribution < -0.4 is 51.4 Å². The van der Waals surface area contributed by atoms with E-state index in [9.17, 15) is 13.0 Å². The fourth-order valence-corrected chi connectivity index (χ4v) is 1.78. The molecular formula is C8H9KO3S. The average Bonchev–Trinajstić information content (AvgIpc) is 1.92. The first-order valence-electron chi connectivity index (χ1n) is 3.45. The zero-order valence-corrected chi connectivity index (χ0v) is 11.8. The van der Waals surface area contributed by atoms with Gasteiger partial charge in [-0.3, -0.25) is 0 Å². The molecule has 0 unspecified atom stereocenters. The zero-order valence-electron chi connectivity index (χ0n) is 7.87. The average molecular weight is 224 g/mol. The van der Waals surface area contributed by atoms with Crippen molar-refractivity contribution in [1.29, 1.82) is 0 Å².